The number of aromatic nitrogens is 1. The fraction of sp³-hybridized carbons (Fsp3) is 0.651. The van der Waals surface area contributed by atoms with E-state index >= 15 is 4.79 Å². The van der Waals surface area contributed by atoms with Crippen LogP contribution in [-0.4, -0.2) is 104 Å². The van der Waals surface area contributed by atoms with E-state index in [4.69, 9.17) is 14.2 Å². The standard InChI is InChI=1S/C43H56N4O9S/c1-3-30-23-43(30,42(51)45-57(52,53)33-13-14-33)24-37(48)36-21-32-26-47(36)41(50)35(27-9-5-4-6-10-27)22-39(49)46-17-7-12-31(25-46)55-18-8-11-29-19-34-28(20-38(29)54-2)15-16-44-40(34)56-32/h3,15-16,19-20,27,30-33,35-36H,1,4-14,17-18,21-26H2,2H3,(H,45,51)/t30-,31-,32-,35+,36+,43-/m1/s1. The van der Waals surface area contributed by atoms with E-state index in [9.17, 15) is 22.8 Å². The summed E-state index contributed by atoms with van der Waals surface area (Å²) >= 11 is 0. The average Bonchev–Trinajstić information content (AvgIpc) is 4.15. The lowest BCUT2D eigenvalue weighted by atomic mass is 9.77. The van der Waals surface area contributed by atoms with E-state index < -0.39 is 44.7 Å². The molecule has 14 heteroatoms. The Hall–Kier alpha value is -4.04. The Labute approximate surface area is 335 Å². The molecule has 1 N–H and O–H groups in total. The number of carbonyl (C=O) groups is 4. The van der Waals surface area contributed by atoms with Crippen LogP contribution in [0.2, 0.25) is 0 Å². The van der Waals surface area contributed by atoms with E-state index in [1.807, 2.05) is 23.1 Å². The van der Waals surface area contributed by atoms with Crippen molar-refractivity contribution >= 4 is 44.3 Å². The number of rotatable bonds is 9. The summed E-state index contributed by atoms with van der Waals surface area (Å²) in [4.78, 5) is 65.7. The highest BCUT2D eigenvalue weighted by atomic mass is 32.2. The van der Waals surface area contributed by atoms with Gasteiger partial charge in [0.05, 0.1) is 36.5 Å². The van der Waals surface area contributed by atoms with Crippen LogP contribution >= 0.6 is 0 Å². The van der Waals surface area contributed by atoms with Gasteiger partial charge in [-0.25, -0.2) is 13.4 Å². The van der Waals surface area contributed by atoms with Gasteiger partial charge in [0.2, 0.25) is 33.6 Å². The number of carbonyl (C=O) groups excluding carboxylic acids is 4. The SMILES string of the molecule is C=C[C@@H]1C[C@]1(CC(=O)[C@@H]1C[C@@H]2CN1C(=O)[C@H](C1CCCCC1)CC(=O)N1CCC[C@H](C1)OCCCc1cc3c(nccc3cc1OC)O2)C(=O)NS(=O)(=O)C1CC1. The molecule has 0 radical (unpaired) electrons. The zero-order valence-electron chi connectivity index (χ0n) is 33.0. The first-order valence-electron chi connectivity index (χ1n) is 21.0. The second-order valence-corrected chi connectivity index (χ2v) is 19.3. The second kappa shape index (κ2) is 16.3. The summed E-state index contributed by atoms with van der Waals surface area (Å²) in [5.74, 6) is -1.22. The molecule has 1 aromatic heterocycles. The fourth-order valence-electron chi connectivity index (χ4n) is 9.93. The lowest BCUT2D eigenvalue weighted by Crippen LogP contribution is -2.49. The lowest BCUT2D eigenvalue weighted by molar-refractivity contribution is -0.148. The minimum atomic E-state index is -3.85. The molecule has 308 valence electrons. The number of allylic oxidation sites excluding steroid dienone is 1. The first kappa shape index (κ1) is 39.8. The quantitative estimate of drug-likeness (QED) is 0.346. The molecule has 0 unspecified atom stereocenters. The Kier molecular flexibility index (Phi) is 11.4. The molecule has 6 atom stereocenters. The van der Waals surface area contributed by atoms with Crippen LogP contribution < -0.4 is 14.2 Å². The van der Waals surface area contributed by atoms with E-state index in [0.717, 1.165) is 73.5 Å². The van der Waals surface area contributed by atoms with Crippen LogP contribution in [0.3, 0.4) is 0 Å². The minimum Gasteiger partial charge on any atom is -0.496 e. The van der Waals surface area contributed by atoms with Crippen molar-refractivity contribution in [3.8, 4) is 11.6 Å². The van der Waals surface area contributed by atoms with Crippen LogP contribution in [-0.2, 0) is 40.4 Å². The third-order valence-electron chi connectivity index (χ3n) is 13.5. The minimum absolute atomic E-state index is 0.0108. The van der Waals surface area contributed by atoms with E-state index in [-0.39, 0.29) is 61.3 Å². The number of ether oxygens (including phenoxy) is 3. The number of pyridine rings is 1. The highest BCUT2D eigenvalue weighted by molar-refractivity contribution is 7.90. The molecule has 3 aliphatic carbocycles. The number of ketones is 1. The molecule has 2 aromatic rings. The highest BCUT2D eigenvalue weighted by Crippen LogP contribution is 2.57. The number of methoxy groups -OCH3 is 1. The topological polar surface area (TPSA) is 162 Å². The summed E-state index contributed by atoms with van der Waals surface area (Å²) in [5.41, 5.74) is -0.289. The van der Waals surface area contributed by atoms with Crippen LogP contribution in [0.4, 0.5) is 0 Å². The third-order valence-corrected chi connectivity index (χ3v) is 15.3. The molecule has 2 saturated heterocycles. The average molecular weight is 805 g/mol. The maximum atomic E-state index is 15.1. The second-order valence-electron chi connectivity index (χ2n) is 17.3. The Bertz CT molecular complexity index is 2010. The van der Waals surface area contributed by atoms with Crippen molar-refractivity contribution in [2.45, 2.75) is 120 Å². The van der Waals surface area contributed by atoms with Crippen LogP contribution in [0, 0.1) is 23.2 Å². The van der Waals surface area contributed by atoms with Crippen molar-refractivity contribution in [1.82, 2.24) is 19.5 Å². The molecule has 6 aliphatic rings. The maximum absolute atomic E-state index is 15.1. The summed E-state index contributed by atoms with van der Waals surface area (Å²) < 4.78 is 46.7. The number of benzene rings is 1. The van der Waals surface area contributed by atoms with Crippen molar-refractivity contribution in [3.63, 3.8) is 0 Å². The van der Waals surface area contributed by atoms with E-state index in [0.29, 0.717) is 51.3 Å². The van der Waals surface area contributed by atoms with Gasteiger partial charge in [-0.3, -0.25) is 23.9 Å². The first-order valence-corrected chi connectivity index (χ1v) is 22.6. The van der Waals surface area contributed by atoms with E-state index in [2.05, 4.69) is 16.3 Å². The number of piperidine rings is 1. The number of Topliss-reactive ketones (excluding diaryl/α,β-unsaturated/α-hetero) is 1. The number of sulfonamides is 1. The Morgan fingerprint density at radius 3 is 2.60 bits per heavy atom. The van der Waals surface area contributed by atoms with Crippen molar-refractivity contribution in [1.29, 1.82) is 0 Å². The lowest BCUT2D eigenvalue weighted by Gasteiger charge is -2.37. The largest absolute Gasteiger partial charge is 0.496 e. The zero-order chi connectivity index (χ0) is 39.9. The van der Waals surface area contributed by atoms with Gasteiger partial charge >= 0.3 is 0 Å². The predicted molar refractivity (Wildman–Crippen MR) is 212 cm³/mol. The molecule has 13 nitrogen and oxygen atoms in total. The molecule has 3 amide bonds. The van der Waals surface area contributed by atoms with Gasteiger partial charge in [-0.1, -0.05) is 25.3 Å². The molecular formula is C43H56N4O9S. The molecule has 1 aromatic carbocycles. The number of amides is 3. The summed E-state index contributed by atoms with van der Waals surface area (Å²) in [5, 5.41) is 1.06. The number of aryl methyl sites for hydroxylation is 1. The molecule has 3 aliphatic heterocycles. The summed E-state index contributed by atoms with van der Waals surface area (Å²) in [7, 11) is -2.20. The summed E-state index contributed by atoms with van der Waals surface area (Å²) in [6.07, 6.45) is 11.6. The van der Waals surface area contributed by atoms with Gasteiger partial charge < -0.3 is 24.0 Å². The molecule has 0 spiro atoms. The molecule has 6 bridgehead atoms. The van der Waals surface area contributed by atoms with E-state index in [1.54, 1.807) is 24.3 Å². The van der Waals surface area contributed by atoms with Gasteiger partial charge in [-0.15, -0.1) is 6.58 Å². The molecule has 3 saturated carbocycles. The number of nitrogens with zero attached hydrogens (tertiary/aromatic N) is 3. The molecule has 5 fully saturated rings. The number of nitrogens with one attached hydrogen (secondary N) is 1. The van der Waals surface area contributed by atoms with E-state index in [1.165, 1.54) is 0 Å². The van der Waals surface area contributed by atoms with Crippen LogP contribution in [0.1, 0.15) is 95.5 Å². The van der Waals surface area contributed by atoms with Crippen molar-refractivity contribution in [2.75, 3.05) is 33.4 Å². The Morgan fingerprint density at radius 2 is 1.86 bits per heavy atom. The monoisotopic (exact) mass is 804 g/mol. The normalized spacial score (nSPS) is 30.2. The van der Waals surface area contributed by atoms with Crippen molar-refractivity contribution in [3.05, 3.63) is 42.6 Å². The van der Waals surface area contributed by atoms with Gasteiger partial charge in [0.25, 0.3) is 0 Å². The zero-order valence-corrected chi connectivity index (χ0v) is 33.8. The van der Waals surface area contributed by atoms with Crippen LogP contribution in [0.25, 0.3) is 10.8 Å². The van der Waals surface area contributed by atoms with Crippen molar-refractivity contribution < 1.29 is 41.8 Å². The summed E-state index contributed by atoms with van der Waals surface area (Å²) in [6, 6.07) is 4.96. The number of fused-ring (bicyclic) bond motifs is 5. The van der Waals surface area contributed by atoms with Gasteiger partial charge in [-0.2, -0.15) is 0 Å². The number of hydrogen-bond donors (Lipinski definition) is 1. The van der Waals surface area contributed by atoms with Crippen LogP contribution in [0.5, 0.6) is 11.6 Å². The van der Waals surface area contributed by atoms with Crippen molar-refractivity contribution in [2.24, 2.45) is 23.2 Å². The predicted octanol–water partition coefficient (Wildman–Crippen LogP) is 4.89. The van der Waals surface area contributed by atoms with Gasteiger partial charge in [0, 0.05) is 56.5 Å². The fourth-order valence-corrected chi connectivity index (χ4v) is 11.3. The van der Waals surface area contributed by atoms with Gasteiger partial charge in [-0.05, 0) is 98.8 Å². The van der Waals surface area contributed by atoms with Crippen LogP contribution in [0.15, 0.2) is 37.1 Å². The highest BCUT2D eigenvalue weighted by Gasteiger charge is 2.61. The molecule has 8 rings (SSSR count). The number of hydrogen-bond acceptors (Lipinski definition) is 10. The third kappa shape index (κ3) is 8.31. The molecular weight excluding hydrogens is 749 g/mol. The van der Waals surface area contributed by atoms with Gasteiger partial charge in [0.15, 0.2) is 5.78 Å². The Balaban J connectivity index is 1.14. The molecule has 4 heterocycles. The maximum Gasteiger partial charge on any atom is 0.240 e. The first-order chi connectivity index (χ1) is 27.5. The smallest absolute Gasteiger partial charge is 0.240 e. The molecule has 57 heavy (non-hydrogen) atoms. The van der Waals surface area contributed by atoms with Gasteiger partial charge in [0.1, 0.15) is 11.9 Å². The summed E-state index contributed by atoms with van der Waals surface area (Å²) in [6.45, 7) is 5.60. The Morgan fingerprint density at radius 1 is 1.05 bits per heavy atom.